The molecule has 0 bridgehead atoms. The largest absolute Gasteiger partial charge is 0.373 e. The van der Waals surface area contributed by atoms with Crippen LogP contribution < -0.4 is 0 Å². The number of epoxide rings is 1. The monoisotopic (exact) mass is 200 g/mol. The molecule has 4 heteroatoms. The second kappa shape index (κ2) is 3.31. The Morgan fingerprint density at radius 1 is 1.69 bits per heavy atom. The van der Waals surface area contributed by atoms with Crippen molar-refractivity contribution in [2.75, 3.05) is 6.61 Å². The van der Waals surface area contributed by atoms with E-state index in [-0.39, 0.29) is 0 Å². The van der Waals surface area contributed by atoms with Gasteiger partial charge in [-0.25, -0.2) is 0 Å². The molecule has 13 heavy (non-hydrogen) atoms. The molecule has 3 nitrogen and oxygen atoms in total. The van der Waals surface area contributed by atoms with E-state index in [0.29, 0.717) is 6.10 Å². The lowest BCUT2D eigenvalue weighted by atomic mass is 10.1. The van der Waals surface area contributed by atoms with Crippen molar-refractivity contribution in [1.82, 2.24) is 9.78 Å². The molecule has 2 rings (SSSR count). The third-order valence-electron chi connectivity index (χ3n) is 2.39. The number of aromatic nitrogens is 2. The Hall–Kier alpha value is -0.540. The topological polar surface area (TPSA) is 30.4 Å². The highest BCUT2D eigenvalue weighted by Gasteiger charge is 2.23. The quantitative estimate of drug-likeness (QED) is 0.696. The van der Waals surface area contributed by atoms with E-state index in [4.69, 9.17) is 16.3 Å². The zero-order valence-electron chi connectivity index (χ0n) is 7.88. The van der Waals surface area contributed by atoms with E-state index in [1.54, 1.807) is 4.68 Å². The lowest BCUT2D eigenvalue weighted by Crippen LogP contribution is -1.93. The van der Waals surface area contributed by atoms with Gasteiger partial charge in [0.15, 0.2) is 0 Å². The number of halogens is 1. The first kappa shape index (κ1) is 9.03. The van der Waals surface area contributed by atoms with E-state index < -0.39 is 0 Å². The van der Waals surface area contributed by atoms with Crippen molar-refractivity contribution in [3.8, 4) is 0 Å². The zero-order valence-corrected chi connectivity index (χ0v) is 8.64. The van der Waals surface area contributed by atoms with Gasteiger partial charge in [0.1, 0.15) is 5.15 Å². The van der Waals surface area contributed by atoms with Crippen LogP contribution in [0.15, 0.2) is 0 Å². The Balaban J connectivity index is 2.08. The second-order valence-corrected chi connectivity index (χ2v) is 3.83. The number of nitrogens with zero attached hydrogens (tertiary/aromatic N) is 2. The van der Waals surface area contributed by atoms with Gasteiger partial charge in [-0.1, -0.05) is 11.6 Å². The Labute approximate surface area is 82.6 Å². The molecule has 0 radical (unpaired) electrons. The lowest BCUT2D eigenvalue weighted by molar-refractivity contribution is 0.396. The Bertz CT molecular complexity index is 318. The summed E-state index contributed by atoms with van der Waals surface area (Å²) in [7, 11) is 1.87. The van der Waals surface area contributed by atoms with Gasteiger partial charge in [0, 0.05) is 12.6 Å². The van der Waals surface area contributed by atoms with Crippen LogP contribution in [-0.4, -0.2) is 22.5 Å². The summed E-state index contributed by atoms with van der Waals surface area (Å²) in [5, 5.41) is 5.02. The fraction of sp³-hybridized carbons (Fsp3) is 0.667. The molecule has 0 N–H and O–H groups in total. The van der Waals surface area contributed by atoms with Gasteiger partial charge in [0.25, 0.3) is 0 Å². The fourth-order valence-electron chi connectivity index (χ4n) is 1.50. The van der Waals surface area contributed by atoms with Crippen molar-refractivity contribution in [2.24, 2.45) is 7.05 Å². The summed E-state index contributed by atoms with van der Waals surface area (Å²) in [6, 6.07) is 0. The second-order valence-electron chi connectivity index (χ2n) is 3.47. The minimum Gasteiger partial charge on any atom is -0.373 e. The molecule has 0 saturated carbocycles. The standard InChI is InChI=1S/C9H13ClN2O/c1-6-8(4-3-7-5-13-7)9(10)12(2)11-6/h7H,3-5H2,1-2H3. The van der Waals surface area contributed by atoms with E-state index in [1.807, 2.05) is 14.0 Å². The molecule has 1 aromatic rings. The summed E-state index contributed by atoms with van der Waals surface area (Å²) >= 11 is 6.08. The summed E-state index contributed by atoms with van der Waals surface area (Å²) < 4.78 is 6.87. The van der Waals surface area contributed by atoms with Crippen molar-refractivity contribution >= 4 is 11.6 Å². The van der Waals surface area contributed by atoms with Gasteiger partial charge in [0.2, 0.25) is 0 Å². The first-order chi connectivity index (χ1) is 6.18. The Morgan fingerprint density at radius 2 is 2.38 bits per heavy atom. The van der Waals surface area contributed by atoms with Gasteiger partial charge in [-0.2, -0.15) is 5.10 Å². The van der Waals surface area contributed by atoms with Gasteiger partial charge in [-0.15, -0.1) is 0 Å². The molecule has 72 valence electrons. The molecule has 1 unspecified atom stereocenters. The molecule has 0 aromatic carbocycles. The van der Waals surface area contributed by atoms with E-state index in [0.717, 1.165) is 30.3 Å². The predicted octanol–water partition coefficient (Wildman–Crippen LogP) is 1.71. The lowest BCUT2D eigenvalue weighted by Gasteiger charge is -1.97. The Kier molecular flexibility index (Phi) is 2.30. The number of hydrogen-bond acceptors (Lipinski definition) is 2. The van der Waals surface area contributed by atoms with Crippen LogP contribution in [0.3, 0.4) is 0 Å². The minimum atomic E-state index is 0.468. The van der Waals surface area contributed by atoms with Crippen molar-refractivity contribution < 1.29 is 4.74 Å². The summed E-state index contributed by atoms with van der Waals surface area (Å²) in [6.07, 6.45) is 2.51. The van der Waals surface area contributed by atoms with Crippen LogP contribution in [0.25, 0.3) is 0 Å². The normalized spacial score (nSPS) is 20.7. The molecule has 1 aliphatic heterocycles. The third kappa shape index (κ3) is 1.86. The van der Waals surface area contributed by atoms with E-state index >= 15 is 0 Å². The number of aryl methyl sites for hydroxylation is 2. The summed E-state index contributed by atoms with van der Waals surface area (Å²) in [6.45, 7) is 2.91. The van der Waals surface area contributed by atoms with Crippen molar-refractivity contribution in [3.05, 3.63) is 16.4 Å². The molecular weight excluding hydrogens is 188 g/mol. The summed E-state index contributed by atoms with van der Waals surface area (Å²) in [5.74, 6) is 0. The average Bonchev–Trinajstić information content (AvgIpc) is 2.84. The maximum absolute atomic E-state index is 6.08. The SMILES string of the molecule is Cc1nn(C)c(Cl)c1CCC1CO1. The zero-order chi connectivity index (χ0) is 9.42. The summed E-state index contributed by atoms with van der Waals surface area (Å²) in [5.41, 5.74) is 2.20. The number of ether oxygens (including phenoxy) is 1. The first-order valence-electron chi connectivity index (χ1n) is 4.48. The van der Waals surface area contributed by atoms with Crippen LogP contribution >= 0.6 is 11.6 Å². The molecule has 1 atom stereocenters. The molecular formula is C9H13ClN2O. The van der Waals surface area contributed by atoms with Gasteiger partial charge in [0.05, 0.1) is 18.4 Å². The maximum atomic E-state index is 6.08. The van der Waals surface area contributed by atoms with Gasteiger partial charge < -0.3 is 4.74 Å². The van der Waals surface area contributed by atoms with E-state index in [1.165, 1.54) is 5.56 Å². The molecule has 1 aromatic heterocycles. The molecule has 0 spiro atoms. The molecule has 1 saturated heterocycles. The van der Waals surface area contributed by atoms with Crippen molar-refractivity contribution in [3.63, 3.8) is 0 Å². The molecule has 0 amide bonds. The maximum Gasteiger partial charge on any atom is 0.130 e. The molecule has 1 fully saturated rings. The molecule has 1 aliphatic rings. The first-order valence-corrected chi connectivity index (χ1v) is 4.86. The van der Waals surface area contributed by atoms with Crippen LogP contribution in [0.1, 0.15) is 17.7 Å². The van der Waals surface area contributed by atoms with Gasteiger partial charge >= 0.3 is 0 Å². The van der Waals surface area contributed by atoms with E-state index in [2.05, 4.69) is 5.10 Å². The van der Waals surface area contributed by atoms with Gasteiger partial charge in [-0.3, -0.25) is 4.68 Å². The molecule has 2 heterocycles. The highest BCUT2D eigenvalue weighted by molar-refractivity contribution is 6.30. The minimum absolute atomic E-state index is 0.468. The predicted molar refractivity (Wildman–Crippen MR) is 51.0 cm³/mol. The highest BCUT2D eigenvalue weighted by Crippen LogP contribution is 2.23. The Morgan fingerprint density at radius 3 is 2.85 bits per heavy atom. The molecule has 0 aliphatic carbocycles. The smallest absolute Gasteiger partial charge is 0.130 e. The van der Waals surface area contributed by atoms with Crippen LogP contribution in [0.4, 0.5) is 0 Å². The van der Waals surface area contributed by atoms with E-state index in [9.17, 15) is 0 Å². The van der Waals surface area contributed by atoms with Crippen molar-refractivity contribution in [2.45, 2.75) is 25.9 Å². The fourth-order valence-corrected chi connectivity index (χ4v) is 1.77. The number of hydrogen-bond donors (Lipinski definition) is 0. The van der Waals surface area contributed by atoms with Gasteiger partial charge in [-0.05, 0) is 19.8 Å². The van der Waals surface area contributed by atoms with Crippen LogP contribution in [0.2, 0.25) is 5.15 Å². The third-order valence-corrected chi connectivity index (χ3v) is 2.86. The van der Waals surface area contributed by atoms with Crippen LogP contribution in [0, 0.1) is 6.92 Å². The van der Waals surface area contributed by atoms with Crippen LogP contribution in [-0.2, 0) is 18.2 Å². The van der Waals surface area contributed by atoms with Crippen LogP contribution in [0.5, 0.6) is 0 Å². The highest BCUT2D eigenvalue weighted by atomic mass is 35.5. The summed E-state index contributed by atoms with van der Waals surface area (Å²) in [4.78, 5) is 0. The van der Waals surface area contributed by atoms with Crippen molar-refractivity contribution in [1.29, 1.82) is 0 Å². The number of rotatable bonds is 3. The average molecular weight is 201 g/mol.